The molecule has 10 heteroatoms. The minimum atomic E-state index is -0.850. The van der Waals surface area contributed by atoms with E-state index in [0.29, 0.717) is 24.5 Å². The summed E-state index contributed by atoms with van der Waals surface area (Å²) < 4.78 is 21.4. The van der Waals surface area contributed by atoms with Crippen LogP contribution in [0.3, 0.4) is 0 Å². The number of hydrogen-bond donors (Lipinski definition) is 1. The molecule has 4 rings (SSSR count). The van der Waals surface area contributed by atoms with Crippen LogP contribution in [-0.2, 0) is 14.2 Å². The van der Waals surface area contributed by atoms with E-state index in [1.165, 1.54) is 0 Å². The highest BCUT2D eigenvalue weighted by atomic mass is 16.7. The molecule has 36 heavy (non-hydrogen) atoms. The molecule has 0 spiro atoms. The van der Waals surface area contributed by atoms with E-state index in [-0.39, 0.29) is 36.2 Å². The van der Waals surface area contributed by atoms with Crippen molar-refractivity contribution in [1.29, 1.82) is 0 Å². The predicted octanol–water partition coefficient (Wildman–Crippen LogP) is 5.13. The summed E-state index contributed by atoms with van der Waals surface area (Å²) in [5.41, 5.74) is 0.759. The maximum Gasteiger partial charge on any atom is 0.508 e. The second kappa shape index (κ2) is 10.8. The van der Waals surface area contributed by atoms with E-state index < -0.39 is 17.7 Å². The number of allylic oxidation sites excluding steroid dienone is 1. The van der Waals surface area contributed by atoms with Crippen LogP contribution in [-0.4, -0.2) is 60.3 Å². The Morgan fingerprint density at radius 3 is 2.58 bits per heavy atom. The topological polar surface area (TPSA) is 124 Å². The van der Waals surface area contributed by atoms with E-state index in [0.717, 1.165) is 31.2 Å². The van der Waals surface area contributed by atoms with Gasteiger partial charge in [0.1, 0.15) is 18.8 Å². The van der Waals surface area contributed by atoms with Gasteiger partial charge in [0.15, 0.2) is 22.9 Å². The fourth-order valence-corrected chi connectivity index (χ4v) is 4.00. The van der Waals surface area contributed by atoms with Gasteiger partial charge in [0, 0.05) is 36.6 Å². The first-order chi connectivity index (χ1) is 17.2. The third kappa shape index (κ3) is 6.05. The van der Waals surface area contributed by atoms with Gasteiger partial charge in [0.25, 0.3) is 0 Å². The Balaban J connectivity index is 1.54. The number of nitrogens with zero attached hydrogens (tertiary/aromatic N) is 3. The summed E-state index contributed by atoms with van der Waals surface area (Å²) in [6.45, 7) is 6.16. The molecule has 192 valence electrons. The number of fused-ring (bicyclic) bond motifs is 1. The molecule has 4 heterocycles. The van der Waals surface area contributed by atoms with Crippen LogP contribution in [0.25, 0.3) is 11.6 Å². The van der Waals surface area contributed by atoms with Crippen LogP contribution >= 0.6 is 0 Å². The number of carbonyl (C=O) groups is 2. The van der Waals surface area contributed by atoms with Gasteiger partial charge in [-0.1, -0.05) is 12.8 Å². The summed E-state index contributed by atoms with van der Waals surface area (Å²) in [4.78, 5) is 35.2. The van der Waals surface area contributed by atoms with E-state index in [4.69, 9.17) is 18.6 Å². The van der Waals surface area contributed by atoms with E-state index in [1.54, 1.807) is 45.3 Å². The van der Waals surface area contributed by atoms with Crippen LogP contribution in [0.15, 0.2) is 27.7 Å². The number of rotatable bonds is 6. The van der Waals surface area contributed by atoms with Crippen molar-refractivity contribution in [1.82, 2.24) is 4.98 Å². The maximum atomic E-state index is 13.0. The lowest BCUT2D eigenvalue weighted by atomic mass is 10.1. The monoisotopic (exact) mass is 497 g/mol. The summed E-state index contributed by atoms with van der Waals surface area (Å²) in [6, 6.07) is 3.67. The maximum absolute atomic E-state index is 13.0. The van der Waals surface area contributed by atoms with E-state index in [1.807, 2.05) is 11.0 Å². The van der Waals surface area contributed by atoms with Gasteiger partial charge >= 0.3 is 12.1 Å². The minimum Gasteiger partial charge on any atom is -0.504 e. The van der Waals surface area contributed by atoms with Gasteiger partial charge in [-0.15, -0.1) is 0 Å². The SMILES string of the molecule is CC(C)(C)OC(=O)OCCOC(=O)c1c(N2CCCCCC2)oc(C=C2C=Nc3ncccc32)c1O. The number of pyridine rings is 1. The summed E-state index contributed by atoms with van der Waals surface area (Å²) in [5.74, 6) is -0.113. The molecule has 2 aromatic rings. The molecule has 0 bridgehead atoms. The van der Waals surface area contributed by atoms with Crippen molar-refractivity contribution >= 4 is 41.7 Å². The first-order valence-corrected chi connectivity index (χ1v) is 12.1. The zero-order valence-electron chi connectivity index (χ0n) is 20.8. The third-order valence-corrected chi connectivity index (χ3v) is 5.62. The van der Waals surface area contributed by atoms with Crippen LogP contribution in [0, 0.1) is 0 Å². The van der Waals surface area contributed by atoms with Crippen LogP contribution in [0.1, 0.15) is 68.1 Å². The quantitative estimate of drug-likeness (QED) is 0.427. The molecule has 0 unspecified atom stereocenters. The van der Waals surface area contributed by atoms with Crippen LogP contribution in [0.4, 0.5) is 16.5 Å². The molecule has 2 aromatic heterocycles. The molecule has 2 aliphatic rings. The molecule has 0 atom stereocenters. The Labute approximate surface area is 209 Å². The average molecular weight is 498 g/mol. The fraction of sp³-hybridized carbons (Fsp3) is 0.462. The summed E-state index contributed by atoms with van der Waals surface area (Å²) in [5, 5.41) is 11.0. The molecule has 2 aliphatic heterocycles. The van der Waals surface area contributed by atoms with Crippen molar-refractivity contribution in [2.75, 3.05) is 31.2 Å². The molecule has 10 nitrogen and oxygen atoms in total. The Bertz CT molecular complexity index is 1170. The van der Waals surface area contributed by atoms with Crippen LogP contribution < -0.4 is 4.90 Å². The molecule has 0 radical (unpaired) electrons. The summed E-state index contributed by atoms with van der Waals surface area (Å²) in [7, 11) is 0. The Morgan fingerprint density at radius 2 is 1.86 bits per heavy atom. The highest BCUT2D eigenvalue weighted by Crippen LogP contribution is 2.40. The lowest BCUT2D eigenvalue weighted by molar-refractivity contribution is -0.0167. The fourth-order valence-electron chi connectivity index (χ4n) is 4.00. The number of hydrogen-bond acceptors (Lipinski definition) is 10. The summed E-state index contributed by atoms with van der Waals surface area (Å²) in [6.07, 6.45) is 8.14. The highest BCUT2D eigenvalue weighted by Gasteiger charge is 2.31. The van der Waals surface area contributed by atoms with Crippen molar-refractivity contribution in [3.8, 4) is 5.75 Å². The van der Waals surface area contributed by atoms with Crippen molar-refractivity contribution in [2.45, 2.75) is 52.1 Å². The van der Waals surface area contributed by atoms with Crippen molar-refractivity contribution in [3.63, 3.8) is 0 Å². The van der Waals surface area contributed by atoms with Gasteiger partial charge < -0.3 is 28.6 Å². The second-order valence-electron chi connectivity index (χ2n) is 9.58. The van der Waals surface area contributed by atoms with E-state index in [2.05, 4.69) is 9.98 Å². The zero-order chi connectivity index (χ0) is 25.7. The van der Waals surface area contributed by atoms with E-state index >= 15 is 0 Å². The number of ether oxygens (including phenoxy) is 3. The largest absolute Gasteiger partial charge is 0.508 e. The molecule has 0 aliphatic carbocycles. The number of anilines is 1. The Morgan fingerprint density at radius 1 is 1.14 bits per heavy atom. The molecule has 0 amide bonds. The van der Waals surface area contributed by atoms with Crippen molar-refractivity contribution < 1.29 is 33.3 Å². The molecule has 0 saturated carbocycles. The van der Waals surface area contributed by atoms with Gasteiger partial charge in [-0.25, -0.2) is 19.6 Å². The number of aliphatic imine (C=N–C) groups is 1. The van der Waals surface area contributed by atoms with Crippen molar-refractivity contribution in [3.05, 3.63) is 35.2 Å². The standard InChI is InChI=1S/C26H31N3O7/c1-26(2,3)36-25(32)34-14-13-33-24(31)20-21(30)19(35-23(20)29-11-6-4-5-7-12-29)15-17-16-28-22-18(17)9-8-10-27-22/h8-10,15-16,30H,4-7,11-14H2,1-3H3. The van der Waals surface area contributed by atoms with Gasteiger partial charge in [-0.05, 0) is 51.8 Å². The second-order valence-corrected chi connectivity index (χ2v) is 9.58. The zero-order valence-corrected chi connectivity index (χ0v) is 20.8. The minimum absolute atomic E-state index is 0.0534. The Hall–Kier alpha value is -3.82. The van der Waals surface area contributed by atoms with Gasteiger partial charge in [-0.2, -0.15) is 0 Å². The molecular weight excluding hydrogens is 466 g/mol. The number of furan rings is 1. The number of aromatic hydroxyl groups is 1. The van der Waals surface area contributed by atoms with Gasteiger partial charge in [-0.3, -0.25) is 0 Å². The number of esters is 1. The van der Waals surface area contributed by atoms with E-state index in [9.17, 15) is 14.7 Å². The van der Waals surface area contributed by atoms with Crippen LogP contribution in [0.5, 0.6) is 5.75 Å². The third-order valence-electron chi connectivity index (χ3n) is 5.62. The smallest absolute Gasteiger partial charge is 0.504 e. The Kier molecular flexibility index (Phi) is 7.61. The molecule has 1 fully saturated rings. The van der Waals surface area contributed by atoms with Crippen molar-refractivity contribution in [2.24, 2.45) is 4.99 Å². The molecule has 1 saturated heterocycles. The van der Waals surface area contributed by atoms with Gasteiger partial charge in [0.05, 0.1) is 0 Å². The number of carbonyl (C=O) groups excluding carboxylic acids is 2. The number of aromatic nitrogens is 1. The molecule has 1 N–H and O–H groups in total. The van der Waals surface area contributed by atoms with Crippen LogP contribution in [0.2, 0.25) is 0 Å². The predicted molar refractivity (Wildman–Crippen MR) is 134 cm³/mol. The lowest BCUT2D eigenvalue weighted by Crippen LogP contribution is -2.26. The average Bonchev–Trinajstić information content (AvgIpc) is 3.24. The normalized spacial score (nSPS) is 16.5. The lowest BCUT2D eigenvalue weighted by Gasteiger charge is -2.20. The van der Waals surface area contributed by atoms with Gasteiger partial charge in [0.2, 0.25) is 5.88 Å². The molecular formula is C26H31N3O7. The first-order valence-electron chi connectivity index (χ1n) is 12.1. The first kappa shape index (κ1) is 25.3. The molecule has 0 aromatic carbocycles. The highest BCUT2D eigenvalue weighted by molar-refractivity contribution is 6.21. The summed E-state index contributed by atoms with van der Waals surface area (Å²) >= 11 is 0.